The van der Waals surface area contributed by atoms with Gasteiger partial charge in [-0.2, -0.15) is 0 Å². The van der Waals surface area contributed by atoms with E-state index in [2.05, 4.69) is 21.8 Å². The first-order chi connectivity index (χ1) is 13.6. The third-order valence-corrected chi connectivity index (χ3v) is 5.83. The summed E-state index contributed by atoms with van der Waals surface area (Å²) in [5, 5.41) is 0. The highest BCUT2D eigenvalue weighted by molar-refractivity contribution is 5.92. The molecular formula is C22H27FN4O. The van der Waals surface area contributed by atoms with Crippen molar-refractivity contribution in [2.75, 3.05) is 51.2 Å². The molecule has 2 aromatic rings. The van der Waals surface area contributed by atoms with E-state index in [1.54, 1.807) is 12.1 Å². The zero-order valence-electron chi connectivity index (χ0n) is 16.4. The van der Waals surface area contributed by atoms with E-state index in [0.29, 0.717) is 24.3 Å². The first-order valence-electron chi connectivity index (χ1n) is 10.1. The number of carbonyl (C=O) groups is 1. The molecule has 0 N–H and O–H groups in total. The third-order valence-electron chi connectivity index (χ3n) is 5.83. The van der Waals surface area contributed by atoms with E-state index in [-0.39, 0.29) is 17.6 Å². The largest absolute Gasteiger partial charge is 0.354 e. The van der Waals surface area contributed by atoms with E-state index in [9.17, 15) is 9.18 Å². The summed E-state index contributed by atoms with van der Waals surface area (Å²) in [4.78, 5) is 24.1. The SMILES string of the molecule is CN1CCN(c2cccc(C(=O)N3CCCC(c4ccccc4F)C3)n2)CC1. The topological polar surface area (TPSA) is 39.7 Å². The van der Waals surface area contributed by atoms with Crippen LogP contribution in [0.2, 0.25) is 0 Å². The summed E-state index contributed by atoms with van der Waals surface area (Å²) in [5.74, 6) is 0.662. The molecule has 5 nitrogen and oxygen atoms in total. The first-order valence-corrected chi connectivity index (χ1v) is 10.1. The summed E-state index contributed by atoms with van der Waals surface area (Å²) in [5.41, 5.74) is 1.18. The highest BCUT2D eigenvalue weighted by Crippen LogP contribution is 2.29. The molecule has 2 aliphatic rings. The second kappa shape index (κ2) is 8.27. The van der Waals surface area contributed by atoms with Gasteiger partial charge in [0.05, 0.1) is 0 Å². The zero-order valence-corrected chi connectivity index (χ0v) is 16.4. The number of piperazine rings is 1. The number of hydrogen-bond acceptors (Lipinski definition) is 4. The number of anilines is 1. The van der Waals surface area contributed by atoms with Crippen LogP contribution in [0.25, 0.3) is 0 Å². The number of likely N-dealkylation sites (N-methyl/N-ethyl adjacent to an activating group) is 1. The molecule has 1 aromatic carbocycles. The highest BCUT2D eigenvalue weighted by atomic mass is 19.1. The van der Waals surface area contributed by atoms with Crippen LogP contribution in [0.4, 0.5) is 10.2 Å². The fourth-order valence-corrected chi connectivity index (χ4v) is 4.14. The van der Waals surface area contributed by atoms with Crippen LogP contribution in [0, 0.1) is 5.82 Å². The number of aromatic nitrogens is 1. The van der Waals surface area contributed by atoms with Crippen molar-refractivity contribution >= 4 is 11.7 Å². The lowest BCUT2D eigenvalue weighted by Gasteiger charge is -2.34. The molecule has 0 spiro atoms. The highest BCUT2D eigenvalue weighted by Gasteiger charge is 2.28. The number of rotatable bonds is 3. The average Bonchev–Trinajstić information content (AvgIpc) is 2.74. The fraction of sp³-hybridized carbons (Fsp3) is 0.455. The van der Waals surface area contributed by atoms with Gasteiger partial charge in [-0.15, -0.1) is 0 Å². The molecule has 28 heavy (non-hydrogen) atoms. The molecule has 6 heteroatoms. The first kappa shape index (κ1) is 18.9. The average molecular weight is 382 g/mol. The van der Waals surface area contributed by atoms with Crippen molar-refractivity contribution in [2.24, 2.45) is 0 Å². The number of benzene rings is 1. The summed E-state index contributed by atoms with van der Waals surface area (Å²) >= 11 is 0. The monoisotopic (exact) mass is 382 g/mol. The Labute approximate surface area is 165 Å². The summed E-state index contributed by atoms with van der Waals surface area (Å²) in [6, 6.07) is 12.6. The van der Waals surface area contributed by atoms with Gasteiger partial charge in [-0.05, 0) is 43.7 Å². The maximum atomic E-state index is 14.2. The lowest BCUT2D eigenvalue weighted by molar-refractivity contribution is 0.0700. The van der Waals surface area contributed by atoms with E-state index in [0.717, 1.165) is 44.8 Å². The minimum absolute atomic E-state index is 0.0414. The fourth-order valence-electron chi connectivity index (χ4n) is 4.14. The van der Waals surface area contributed by atoms with Gasteiger partial charge in [-0.1, -0.05) is 24.3 Å². The zero-order chi connectivity index (χ0) is 19.5. The Hall–Kier alpha value is -2.47. The van der Waals surface area contributed by atoms with Crippen molar-refractivity contribution in [1.82, 2.24) is 14.8 Å². The molecule has 148 valence electrons. The van der Waals surface area contributed by atoms with Crippen LogP contribution in [0.15, 0.2) is 42.5 Å². The lowest BCUT2D eigenvalue weighted by Crippen LogP contribution is -2.45. The van der Waals surface area contributed by atoms with Gasteiger partial charge in [0.15, 0.2) is 0 Å². The Kier molecular flexibility index (Phi) is 5.57. The normalized spacial score (nSPS) is 21.0. The number of hydrogen-bond donors (Lipinski definition) is 0. The van der Waals surface area contributed by atoms with Crippen LogP contribution in [-0.4, -0.2) is 67.0 Å². The van der Waals surface area contributed by atoms with Crippen LogP contribution >= 0.6 is 0 Å². The number of likely N-dealkylation sites (tertiary alicyclic amines) is 1. The summed E-state index contributed by atoms with van der Waals surface area (Å²) in [6.07, 6.45) is 1.78. The molecule has 0 saturated carbocycles. The Morgan fingerprint density at radius 1 is 1.04 bits per heavy atom. The number of piperidine rings is 1. The molecule has 4 rings (SSSR count). The molecule has 3 heterocycles. The third kappa shape index (κ3) is 4.02. The molecule has 2 aliphatic heterocycles. The molecule has 0 radical (unpaired) electrons. The van der Waals surface area contributed by atoms with Crippen LogP contribution in [-0.2, 0) is 0 Å². The molecule has 1 atom stereocenters. The number of halogens is 1. The lowest BCUT2D eigenvalue weighted by atomic mass is 9.90. The van der Waals surface area contributed by atoms with E-state index in [1.165, 1.54) is 6.07 Å². The van der Waals surface area contributed by atoms with Crippen molar-refractivity contribution in [3.05, 3.63) is 59.5 Å². The second-order valence-corrected chi connectivity index (χ2v) is 7.78. The van der Waals surface area contributed by atoms with Gasteiger partial charge in [-0.25, -0.2) is 9.37 Å². The van der Waals surface area contributed by atoms with Crippen LogP contribution in [0.5, 0.6) is 0 Å². The quantitative estimate of drug-likeness (QED) is 0.818. The van der Waals surface area contributed by atoms with Gasteiger partial charge < -0.3 is 14.7 Å². The van der Waals surface area contributed by atoms with Crippen molar-refractivity contribution < 1.29 is 9.18 Å². The van der Waals surface area contributed by atoms with Gasteiger partial charge in [0.1, 0.15) is 17.3 Å². The maximum Gasteiger partial charge on any atom is 0.272 e. The predicted octanol–water partition coefficient (Wildman–Crippen LogP) is 2.99. The smallest absolute Gasteiger partial charge is 0.272 e. The Balaban J connectivity index is 1.48. The number of nitrogens with zero attached hydrogens (tertiary/aromatic N) is 4. The minimum Gasteiger partial charge on any atom is -0.354 e. The molecular weight excluding hydrogens is 355 g/mol. The van der Waals surface area contributed by atoms with Gasteiger partial charge in [0, 0.05) is 45.2 Å². The van der Waals surface area contributed by atoms with Gasteiger partial charge in [0.2, 0.25) is 0 Å². The molecule has 2 saturated heterocycles. The summed E-state index contributed by atoms with van der Waals surface area (Å²) < 4.78 is 14.2. The number of pyridine rings is 1. The molecule has 0 bridgehead atoms. The van der Waals surface area contributed by atoms with Gasteiger partial charge in [-0.3, -0.25) is 4.79 Å². The van der Waals surface area contributed by atoms with Crippen LogP contribution in [0.3, 0.4) is 0 Å². The molecule has 0 aliphatic carbocycles. The van der Waals surface area contributed by atoms with E-state index < -0.39 is 0 Å². The van der Waals surface area contributed by atoms with Gasteiger partial charge >= 0.3 is 0 Å². The van der Waals surface area contributed by atoms with E-state index in [1.807, 2.05) is 29.2 Å². The molecule has 1 unspecified atom stereocenters. The van der Waals surface area contributed by atoms with Crippen molar-refractivity contribution in [3.8, 4) is 0 Å². The Bertz CT molecular complexity index is 835. The van der Waals surface area contributed by atoms with Crippen molar-refractivity contribution in [2.45, 2.75) is 18.8 Å². The Morgan fingerprint density at radius 3 is 2.61 bits per heavy atom. The molecule has 2 fully saturated rings. The second-order valence-electron chi connectivity index (χ2n) is 7.78. The Morgan fingerprint density at radius 2 is 1.82 bits per heavy atom. The molecule has 1 aromatic heterocycles. The maximum absolute atomic E-state index is 14.2. The predicted molar refractivity (Wildman–Crippen MR) is 108 cm³/mol. The van der Waals surface area contributed by atoms with Crippen molar-refractivity contribution in [3.63, 3.8) is 0 Å². The summed E-state index contributed by atoms with van der Waals surface area (Å²) in [6.45, 7) is 5.07. The van der Waals surface area contributed by atoms with Gasteiger partial charge in [0.25, 0.3) is 5.91 Å². The van der Waals surface area contributed by atoms with Crippen LogP contribution in [0.1, 0.15) is 34.8 Å². The summed E-state index contributed by atoms with van der Waals surface area (Å²) in [7, 11) is 2.12. The standard InChI is InChI=1S/C22H27FN4O/c1-25-12-14-26(15-13-25)21-10-4-9-20(24-21)22(28)27-11-5-6-17(16-27)18-7-2-3-8-19(18)23/h2-4,7-10,17H,5-6,11-16H2,1H3. The van der Waals surface area contributed by atoms with Crippen LogP contribution < -0.4 is 4.90 Å². The number of amides is 1. The minimum atomic E-state index is -0.183. The van der Waals surface area contributed by atoms with Crippen molar-refractivity contribution in [1.29, 1.82) is 0 Å². The number of carbonyl (C=O) groups excluding carboxylic acids is 1. The van der Waals surface area contributed by atoms with E-state index >= 15 is 0 Å². The van der Waals surface area contributed by atoms with E-state index in [4.69, 9.17) is 0 Å². The molecule has 1 amide bonds.